The zero-order valence-electron chi connectivity index (χ0n) is 21.3. The van der Waals surface area contributed by atoms with Crippen molar-refractivity contribution in [3.8, 4) is 5.75 Å². The molecule has 9 nitrogen and oxygen atoms in total. The molecule has 0 spiro atoms. The average Bonchev–Trinajstić information content (AvgIpc) is 2.85. The van der Waals surface area contributed by atoms with Gasteiger partial charge >= 0.3 is 0 Å². The van der Waals surface area contributed by atoms with Crippen LogP contribution in [0.4, 0.5) is 17.1 Å². The summed E-state index contributed by atoms with van der Waals surface area (Å²) in [6, 6.07) is 5.63. The van der Waals surface area contributed by atoms with Gasteiger partial charge in [-0.2, -0.15) is 0 Å². The molecule has 0 aliphatic carbocycles. The number of anilines is 3. The van der Waals surface area contributed by atoms with Crippen molar-refractivity contribution in [1.82, 2.24) is 15.2 Å². The van der Waals surface area contributed by atoms with Gasteiger partial charge in [-0.25, -0.2) is 4.99 Å². The van der Waals surface area contributed by atoms with Crippen molar-refractivity contribution < 1.29 is 9.53 Å². The van der Waals surface area contributed by atoms with Gasteiger partial charge in [0.2, 0.25) is 11.9 Å². The maximum absolute atomic E-state index is 12.2. The Hall–Kier alpha value is -3.82. The first-order valence-electron chi connectivity index (χ1n) is 11.3. The molecule has 2 heterocycles. The summed E-state index contributed by atoms with van der Waals surface area (Å²) < 4.78 is 5.67. The third-order valence-electron chi connectivity index (χ3n) is 5.57. The predicted octanol–water partition coefficient (Wildman–Crippen LogP) is 2.19. The maximum Gasteiger partial charge on any atom is 0.247 e. The lowest BCUT2D eigenvalue weighted by atomic mass is 10.2. The number of pyridine rings is 1. The smallest absolute Gasteiger partial charge is 0.247 e. The molecule has 10 heteroatoms. The fourth-order valence-electron chi connectivity index (χ4n) is 3.44. The molecule has 0 atom stereocenters. The van der Waals surface area contributed by atoms with Crippen LogP contribution in [0.5, 0.6) is 5.75 Å². The molecule has 0 saturated carbocycles. The number of rotatable bonds is 8. The molecule has 1 aliphatic rings. The first-order valence-corrected chi connectivity index (χ1v) is 11.7. The van der Waals surface area contributed by atoms with Crippen molar-refractivity contribution in [1.29, 1.82) is 0 Å². The van der Waals surface area contributed by atoms with Crippen molar-refractivity contribution in [3.63, 3.8) is 0 Å². The van der Waals surface area contributed by atoms with Crippen molar-refractivity contribution in [2.75, 3.05) is 56.9 Å². The lowest BCUT2D eigenvalue weighted by Gasteiger charge is -2.26. The molecule has 1 aliphatic heterocycles. The number of hydrogen-bond acceptors (Lipinski definition) is 8. The Kier molecular flexibility index (Phi) is 8.73. The number of carbonyl (C=O) groups is 1. The van der Waals surface area contributed by atoms with Crippen molar-refractivity contribution >= 4 is 52.8 Å². The molecule has 0 unspecified atom stereocenters. The van der Waals surface area contributed by atoms with E-state index in [0.29, 0.717) is 39.2 Å². The number of carbonyl (C=O) groups excluding carboxylic acids is 1. The number of nitrogens with zero attached hydrogens (tertiary/aromatic N) is 4. The summed E-state index contributed by atoms with van der Waals surface area (Å²) in [7, 11) is 7.57. The molecule has 1 aromatic carbocycles. The van der Waals surface area contributed by atoms with E-state index in [1.54, 1.807) is 25.6 Å². The number of aromatic nitrogens is 1. The highest BCUT2D eigenvalue weighted by molar-refractivity contribution is 6.36. The van der Waals surface area contributed by atoms with Crippen LogP contribution in [0.25, 0.3) is 12.3 Å². The number of methoxy groups -OCH3 is 1. The number of nitrogens with one attached hydrogen (secondary N) is 3. The second kappa shape index (κ2) is 11.7. The minimum absolute atomic E-state index is 0.316. The van der Waals surface area contributed by atoms with Crippen LogP contribution in [0.3, 0.4) is 0 Å². The standard InChI is InChI=1S/C26H32ClN7O2/c1-8-24(35)30-20-12-21(23(36-7)13-22(20)34(6)10-9-33(4)5)31-26-29-15-19(27)25(32-26)18-11-16(2)17(3)28-14-18/h8,11-15H,1,3,9-10H2,2,4-7H3,(H,30,35)(H2,29,31,32). The number of halogens is 1. The fourth-order valence-corrected chi connectivity index (χ4v) is 3.65. The van der Waals surface area contributed by atoms with E-state index < -0.39 is 0 Å². The van der Waals surface area contributed by atoms with Crippen molar-refractivity contribution in [2.24, 2.45) is 4.99 Å². The number of benzene rings is 1. The van der Waals surface area contributed by atoms with Crippen LogP contribution in [0.15, 0.2) is 53.3 Å². The van der Waals surface area contributed by atoms with Crippen molar-refractivity contribution in [3.05, 3.63) is 64.4 Å². The number of ether oxygens (including phenoxy) is 1. The second-order valence-electron chi connectivity index (χ2n) is 8.56. The van der Waals surface area contributed by atoms with E-state index >= 15 is 0 Å². The van der Waals surface area contributed by atoms with Gasteiger partial charge in [-0.3, -0.25) is 9.78 Å². The van der Waals surface area contributed by atoms with Crippen LogP contribution in [0, 0.1) is 6.92 Å². The zero-order valence-corrected chi connectivity index (χ0v) is 22.0. The van der Waals surface area contributed by atoms with Crippen LogP contribution < -0.4 is 36.2 Å². The summed E-state index contributed by atoms with van der Waals surface area (Å²) in [5.41, 5.74) is 3.61. The minimum atomic E-state index is -0.316. The van der Waals surface area contributed by atoms with Gasteiger partial charge < -0.3 is 30.5 Å². The van der Waals surface area contributed by atoms with Gasteiger partial charge in [-0.05, 0) is 44.8 Å². The number of hydrogen-bond donors (Lipinski definition) is 3. The number of likely N-dealkylation sites (N-methyl/N-ethyl adjacent to an activating group) is 2. The van der Waals surface area contributed by atoms with Crippen LogP contribution in [-0.2, 0) is 4.79 Å². The first kappa shape index (κ1) is 26.8. The Morgan fingerprint density at radius 1 is 1.22 bits per heavy atom. The van der Waals surface area contributed by atoms with E-state index in [4.69, 9.17) is 16.3 Å². The SMILES string of the molecule is C=CC(=O)Nc1cc(NC2=NC=C(Cl)C(=c3cnc(=C)c(C)c3)N2)c(OC)cc1N(C)CCN(C)C. The van der Waals surface area contributed by atoms with Gasteiger partial charge in [-0.1, -0.05) is 24.8 Å². The quantitative estimate of drug-likeness (QED) is 0.470. The molecule has 0 bridgehead atoms. The van der Waals surface area contributed by atoms with Gasteiger partial charge in [0.1, 0.15) is 5.75 Å². The highest BCUT2D eigenvalue weighted by Gasteiger charge is 2.18. The summed E-state index contributed by atoms with van der Waals surface area (Å²) >= 11 is 6.43. The van der Waals surface area contributed by atoms with Crippen LogP contribution in [0.2, 0.25) is 0 Å². The zero-order chi connectivity index (χ0) is 26.4. The third-order valence-corrected chi connectivity index (χ3v) is 5.86. The topological polar surface area (TPSA) is 94.1 Å². The summed E-state index contributed by atoms with van der Waals surface area (Å²) in [6.45, 7) is 11.0. The summed E-state index contributed by atoms with van der Waals surface area (Å²) in [5.74, 6) is 0.686. The van der Waals surface area contributed by atoms with Crippen LogP contribution in [-0.4, -0.2) is 63.1 Å². The van der Waals surface area contributed by atoms with Gasteiger partial charge in [0.15, 0.2) is 0 Å². The van der Waals surface area contributed by atoms with E-state index in [1.165, 1.54) is 6.08 Å². The Bertz CT molecular complexity index is 1330. The molecule has 36 heavy (non-hydrogen) atoms. The maximum atomic E-state index is 12.2. The predicted molar refractivity (Wildman–Crippen MR) is 149 cm³/mol. The fraction of sp³-hybridized carbons (Fsp3) is 0.269. The Morgan fingerprint density at radius 3 is 2.61 bits per heavy atom. The van der Waals surface area contributed by atoms with Gasteiger partial charge in [0.05, 0.1) is 46.5 Å². The molecule has 0 radical (unpaired) electrons. The molecule has 190 valence electrons. The summed E-state index contributed by atoms with van der Waals surface area (Å²) in [4.78, 5) is 25.0. The highest BCUT2D eigenvalue weighted by Crippen LogP contribution is 2.37. The molecular weight excluding hydrogens is 478 g/mol. The Labute approximate surface area is 216 Å². The van der Waals surface area contributed by atoms with Crippen molar-refractivity contribution in [2.45, 2.75) is 6.92 Å². The third kappa shape index (κ3) is 6.44. The van der Waals surface area contributed by atoms with E-state index in [0.717, 1.165) is 29.6 Å². The summed E-state index contributed by atoms with van der Waals surface area (Å²) in [5, 5.41) is 11.3. The van der Waals surface area contributed by atoms with Gasteiger partial charge in [0.25, 0.3) is 0 Å². The van der Waals surface area contributed by atoms with Gasteiger partial charge in [0, 0.05) is 37.6 Å². The number of guanidine groups is 1. The van der Waals surface area contributed by atoms with Crippen LogP contribution in [0.1, 0.15) is 5.56 Å². The average molecular weight is 510 g/mol. The minimum Gasteiger partial charge on any atom is -0.494 e. The molecular formula is C26H32ClN7O2. The van der Waals surface area contributed by atoms with E-state index in [1.807, 2.05) is 40.2 Å². The first-order chi connectivity index (χ1) is 17.1. The number of aryl methyl sites for hydroxylation is 1. The molecule has 3 rings (SSSR count). The van der Waals surface area contributed by atoms with Crippen LogP contribution >= 0.6 is 11.6 Å². The lowest BCUT2D eigenvalue weighted by molar-refractivity contribution is -0.111. The molecule has 0 fully saturated rings. The monoisotopic (exact) mass is 509 g/mol. The molecule has 0 saturated heterocycles. The summed E-state index contributed by atoms with van der Waals surface area (Å²) in [6.07, 6.45) is 4.49. The number of amides is 1. The second-order valence-corrected chi connectivity index (χ2v) is 8.96. The number of aliphatic imine (C=N–C) groups is 1. The Morgan fingerprint density at radius 2 is 1.97 bits per heavy atom. The molecule has 3 N–H and O–H groups in total. The Balaban J connectivity index is 1.99. The normalized spacial score (nSPS) is 14.4. The largest absolute Gasteiger partial charge is 0.494 e. The highest BCUT2D eigenvalue weighted by atomic mass is 35.5. The molecule has 1 amide bonds. The molecule has 1 aromatic heterocycles. The lowest BCUT2D eigenvalue weighted by Crippen LogP contribution is -2.35. The van der Waals surface area contributed by atoms with E-state index in [2.05, 4.69) is 48.9 Å². The van der Waals surface area contributed by atoms with Gasteiger partial charge in [-0.15, -0.1) is 0 Å². The van der Waals surface area contributed by atoms with E-state index in [9.17, 15) is 4.79 Å². The molecule has 2 aromatic rings. The van der Waals surface area contributed by atoms with E-state index in [-0.39, 0.29) is 5.91 Å².